The molecule has 0 bridgehead atoms. The summed E-state index contributed by atoms with van der Waals surface area (Å²) >= 11 is 0. The number of hydrogen-bond acceptors (Lipinski definition) is 3. The first-order chi connectivity index (χ1) is 11.9. The summed E-state index contributed by atoms with van der Waals surface area (Å²) in [6.45, 7) is 4.86. The number of nitrogens with zero attached hydrogens (tertiary/aromatic N) is 3. The Balaban J connectivity index is 1.82. The van der Waals surface area contributed by atoms with Gasteiger partial charge in [-0.1, -0.05) is 43.7 Å². The van der Waals surface area contributed by atoms with Gasteiger partial charge in [-0.05, 0) is 30.7 Å². The van der Waals surface area contributed by atoms with Gasteiger partial charge in [-0.25, -0.2) is 0 Å². The lowest BCUT2D eigenvalue weighted by atomic mass is 10.1. The molecule has 2 aromatic heterocycles. The fraction of sp³-hybridized carbons (Fsp3) is 0.300. The van der Waals surface area contributed by atoms with Gasteiger partial charge in [-0.2, -0.15) is 5.10 Å². The molecule has 0 unspecified atom stereocenters. The van der Waals surface area contributed by atoms with Crippen LogP contribution >= 0.6 is 0 Å². The van der Waals surface area contributed by atoms with Gasteiger partial charge in [-0.3, -0.25) is 9.67 Å². The van der Waals surface area contributed by atoms with Crippen LogP contribution in [0.3, 0.4) is 0 Å². The lowest BCUT2D eigenvalue weighted by Gasteiger charge is -2.04. The van der Waals surface area contributed by atoms with Gasteiger partial charge in [0.1, 0.15) is 0 Å². The van der Waals surface area contributed by atoms with Crippen molar-refractivity contribution < 1.29 is 0 Å². The average molecular weight is 320 g/mol. The van der Waals surface area contributed by atoms with Crippen LogP contribution in [0.5, 0.6) is 0 Å². The molecule has 1 aromatic carbocycles. The fourth-order valence-corrected chi connectivity index (χ4v) is 2.71. The molecular weight excluding hydrogens is 296 g/mol. The molecule has 0 aliphatic rings. The predicted molar refractivity (Wildman–Crippen MR) is 97.6 cm³/mol. The molecule has 2 heterocycles. The first-order valence-corrected chi connectivity index (χ1v) is 8.58. The number of unbranched alkanes of at least 4 members (excludes halogenated alkanes) is 1. The second-order valence-electron chi connectivity index (χ2n) is 5.96. The molecule has 0 saturated carbocycles. The standard InChI is InChI=1S/C20H24N4/c1-2-3-11-21-14-19-16-24(15-17-8-5-4-6-9-17)23-20(19)18-10-7-12-22-13-18/h4-10,12-13,16,21H,2-3,11,14-15H2,1H3. The molecule has 0 spiro atoms. The van der Waals surface area contributed by atoms with Crippen molar-refractivity contribution in [3.8, 4) is 11.3 Å². The van der Waals surface area contributed by atoms with Crippen molar-refractivity contribution >= 4 is 0 Å². The van der Waals surface area contributed by atoms with E-state index >= 15 is 0 Å². The quantitative estimate of drug-likeness (QED) is 0.640. The first-order valence-electron chi connectivity index (χ1n) is 8.58. The highest BCUT2D eigenvalue weighted by molar-refractivity contribution is 5.61. The second kappa shape index (κ2) is 8.41. The molecule has 1 N–H and O–H groups in total. The summed E-state index contributed by atoms with van der Waals surface area (Å²) in [5, 5.41) is 8.33. The Morgan fingerprint density at radius 3 is 2.71 bits per heavy atom. The lowest BCUT2D eigenvalue weighted by molar-refractivity contribution is 0.639. The Bertz CT molecular complexity index is 735. The molecule has 0 saturated heterocycles. The third-order valence-electron chi connectivity index (χ3n) is 3.98. The highest BCUT2D eigenvalue weighted by Gasteiger charge is 2.11. The minimum atomic E-state index is 0.781. The zero-order valence-electron chi connectivity index (χ0n) is 14.2. The lowest BCUT2D eigenvalue weighted by Crippen LogP contribution is -2.14. The van der Waals surface area contributed by atoms with Gasteiger partial charge in [0.05, 0.1) is 12.2 Å². The number of benzene rings is 1. The Morgan fingerprint density at radius 1 is 1.08 bits per heavy atom. The third-order valence-corrected chi connectivity index (χ3v) is 3.98. The van der Waals surface area contributed by atoms with E-state index in [1.807, 2.05) is 23.0 Å². The number of hydrogen-bond donors (Lipinski definition) is 1. The third kappa shape index (κ3) is 4.30. The monoisotopic (exact) mass is 320 g/mol. The molecular formula is C20H24N4. The second-order valence-corrected chi connectivity index (χ2v) is 5.96. The molecule has 124 valence electrons. The molecule has 4 nitrogen and oxygen atoms in total. The highest BCUT2D eigenvalue weighted by atomic mass is 15.3. The summed E-state index contributed by atoms with van der Waals surface area (Å²) in [5.41, 5.74) is 4.55. The van der Waals surface area contributed by atoms with E-state index < -0.39 is 0 Å². The van der Waals surface area contributed by atoms with E-state index in [4.69, 9.17) is 5.10 Å². The molecule has 0 atom stereocenters. The van der Waals surface area contributed by atoms with E-state index in [2.05, 4.69) is 53.8 Å². The molecule has 0 aliphatic carbocycles. The Labute approximate surface area is 143 Å². The van der Waals surface area contributed by atoms with Crippen molar-refractivity contribution in [3.63, 3.8) is 0 Å². The van der Waals surface area contributed by atoms with E-state index in [0.717, 1.165) is 30.9 Å². The van der Waals surface area contributed by atoms with Crippen molar-refractivity contribution in [1.82, 2.24) is 20.1 Å². The predicted octanol–water partition coefficient (Wildman–Crippen LogP) is 3.88. The minimum Gasteiger partial charge on any atom is -0.313 e. The molecule has 0 radical (unpaired) electrons. The fourth-order valence-electron chi connectivity index (χ4n) is 2.71. The molecule has 24 heavy (non-hydrogen) atoms. The van der Waals surface area contributed by atoms with Gasteiger partial charge in [0, 0.05) is 36.3 Å². The maximum Gasteiger partial charge on any atom is 0.0983 e. The zero-order valence-corrected chi connectivity index (χ0v) is 14.2. The number of rotatable bonds is 8. The minimum absolute atomic E-state index is 0.781. The summed E-state index contributed by atoms with van der Waals surface area (Å²) in [4.78, 5) is 4.24. The Hall–Kier alpha value is -2.46. The van der Waals surface area contributed by atoms with Crippen LogP contribution in [-0.2, 0) is 13.1 Å². The summed E-state index contributed by atoms with van der Waals surface area (Å²) in [5.74, 6) is 0. The number of aromatic nitrogens is 3. The maximum absolute atomic E-state index is 4.81. The first kappa shape index (κ1) is 16.4. The van der Waals surface area contributed by atoms with E-state index in [-0.39, 0.29) is 0 Å². The normalized spacial score (nSPS) is 10.9. The largest absolute Gasteiger partial charge is 0.313 e. The molecule has 0 amide bonds. The number of nitrogens with one attached hydrogen (secondary N) is 1. The van der Waals surface area contributed by atoms with E-state index in [0.29, 0.717) is 0 Å². The van der Waals surface area contributed by atoms with Crippen molar-refractivity contribution in [3.05, 3.63) is 72.2 Å². The van der Waals surface area contributed by atoms with Gasteiger partial charge >= 0.3 is 0 Å². The zero-order chi connectivity index (χ0) is 16.6. The summed E-state index contributed by atoms with van der Waals surface area (Å²) < 4.78 is 2.02. The molecule has 0 aliphatic heterocycles. The molecule has 4 heteroatoms. The van der Waals surface area contributed by atoms with Gasteiger partial charge in [-0.15, -0.1) is 0 Å². The summed E-state index contributed by atoms with van der Waals surface area (Å²) in [7, 11) is 0. The van der Waals surface area contributed by atoms with Crippen LogP contribution in [0.15, 0.2) is 61.1 Å². The van der Waals surface area contributed by atoms with Crippen LogP contribution in [0.1, 0.15) is 30.9 Å². The van der Waals surface area contributed by atoms with Crippen LogP contribution in [-0.4, -0.2) is 21.3 Å². The van der Waals surface area contributed by atoms with Crippen LogP contribution in [0, 0.1) is 0 Å². The van der Waals surface area contributed by atoms with Crippen LogP contribution in [0.2, 0.25) is 0 Å². The van der Waals surface area contributed by atoms with E-state index in [1.165, 1.54) is 24.0 Å². The van der Waals surface area contributed by atoms with Crippen molar-refractivity contribution in [1.29, 1.82) is 0 Å². The van der Waals surface area contributed by atoms with E-state index in [9.17, 15) is 0 Å². The topological polar surface area (TPSA) is 42.7 Å². The van der Waals surface area contributed by atoms with E-state index in [1.54, 1.807) is 6.20 Å². The van der Waals surface area contributed by atoms with Gasteiger partial charge < -0.3 is 5.32 Å². The molecule has 0 fully saturated rings. The smallest absolute Gasteiger partial charge is 0.0983 e. The van der Waals surface area contributed by atoms with Crippen molar-refractivity contribution in [2.75, 3.05) is 6.54 Å². The van der Waals surface area contributed by atoms with Gasteiger partial charge in [0.15, 0.2) is 0 Å². The number of pyridine rings is 1. The average Bonchev–Trinajstić information content (AvgIpc) is 3.03. The van der Waals surface area contributed by atoms with Gasteiger partial charge in [0.2, 0.25) is 0 Å². The Kier molecular flexibility index (Phi) is 5.75. The van der Waals surface area contributed by atoms with Crippen LogP contribution in [0.4, 0.5) is 0 Å². The SMILES string of the molecule is CCCCNCc1cn(Cc2ccccc2)nc1-c1cccnc1. The summed E-state index contributed by atoms with van der Waals surface area (Å²) in [6.07, 6.45) is 8.22. The Morgan fingerprint density at radius 2 is 1.96 bits per heavy atom. The van der Waals surface area contributed by atoms with Gasteiger partial charge in [0.25, 0.3) is 0 Å². The molecule has 3 aromatic rings. The van der Waals surface area contributed by atoms with Crippen molar-refractivity contribution in [2.45, 2.75) is 32.9 Å². The van der Waals surface area contributed by atoms with Crippen molar-refractivity contribution in [2.24, 2.45) is 0 Å². The summed E-state index contributed by atoms with van der Waals surface area (Å²) in [6, 6.07) is 14.5. The highest BCUT2D eigenvalue weighted by Crippen LogP contribution is 2.21. The molecule has 3 rings (SSSR count). The maximum atomic E-state index is 4.81. The van der Waals surface area contributed by atoms with Crippen LogP contribution < -0.4 is 5.32 Å². The van der Waals surface area contributed by atoms with Crippen LogP contribution in [0.25, 0.3) is 11.3 Å².